The number of nitrogens with one attached hydrogen (secondary N) is 1. The molecular weight excluding hydrogens is 443 g/mol. The van der Waals surface area contributed by atoms with Crippen LogP contribution in [-0.4, -0.2) is 6.54 Å². The summed E-state index contributed by atoms with van der Waals surface area (Å²) in [5, 5.41) is 0. The summed E-state index contributed by atoms with van der Waals surface area (Å²) in [4.78, 5) is 1.29. The van der Waals surface area contributed by atoms with Crippen molar-refractivity contribution in [2.24, 2.45) is 0 Å². The van der Waals surface area contributed by atoms with E-state index in [0.29, 0.717) is 6.54 Å². The Kier molecular flexibility index (Phi) is 9.99. The Bertz CT molecular complexity index is 1090. The molecule has 3 aromatic carbocycles. The normalized spacial score (nSPS) is 12.1. The number of unbranched alkanes of at least 4 members (excludes halogenated alkanes) is 3. The van der Waals surface area contributed by atoms with Gasteiger partial charge in [0.1, 0.15) is 13.1 Å². The van der Waals surface area contributed by atoms with E-state index in [1.54, 1.807) is 12.1 Å². The van der Waals surface area contributed by atoms with Gasteiger partial charge < -0.3 is 4.90 Å². The second-order valence-electron chi connectivity index (χ2n) is 9.11. The van der Waals surface area contributed by atoms with E-state index >= 15 is 0 Å². The highest BCUT2D eigenvalue weighted by Gasteiger charge is 2.30. The van der Waals surface area contributed by atoms with Crippen LogP contribution in [0.5, 0.6) is 0 Å². The Balaban J connectivity index is 1.53. The smallest absolute Gasteiger partial charge is 0.328 e. The van der Waals surface area contributed by atoms with E-state index in [0.717, 1.165) is 48.3 Å². The highest BCUT2D eigenvalue weighted by molar-refractivity contribution is 5.44. The van der Waals surface area contributed by atoms with Crippen molar-refractivity contribution < 1.29 is 18.1 Å². The Labute approximate surface area is 208 Å². The van der Waals surface area contributed by atoms with E-state index in [1.165, 1.54) is 41.7 Å². The molecule has 0 amide bonds. The van der Waals surface area contributed by atoms with Crippen LogP contribution in [0, 0.1) is 11.8 Å². The molecule has 0 heterocycles. The zero-order valence-electron chi connectivity index (χ0n) is 20.7. The van der Waals surface area contributed by atoms with E-state index in [-0.39, 0.29) is 0 Å². The van der Waals surface area contributed by atoms with E-state index in [2.05, 4.69) is 62.1 Å². The predicted octanol–water partition coefficient (Wildman–Crippen LogP) is 6.83. The van der Waals surface area contributed by atoms with Crippen LogP contribution in [-0.2, 0) is 25.7 Å². The van der Waals surface area contributed by atoms with Gasteiger partial charge in [0.05, 0.1) is 12.1 Å². The van der Waals surface area contributed by atoms with Crippen LogP contribution >= 0.6 is 0 Å². The number of rotatable bonds is 10. The van der Waals surface area contributed by atoms with Crippen LogP contribution in [0.3, 0.4) is 0 Å². The van der Waals surface area contributed by atoms with Gasteiger partial charge in [0.2, 0.25) is 0 Å². The second-order valence-corrected chi connectivity index (χ2v) is 9.11. The topological polar surface area (TPSA) is 4.44 Å². The van der Waals surface area contributed by atoms with E-state index in [9.17, 15) is 13.2 Å². The van der Waals surface area contributed by atoms with Crippen molar-refractivity contribution in [2.45, 2.75) is 65.2 Å². The lowest BCUT2D eigenvalue weighted by atomic mass is 10.0. The summed E-state index contributed by atoms with van der Waals surface area (Å²) in [5.41, 5.74) is 4.85. The summed E-state index contributed by atoms with van der Waals surface area (Å²) in [6, 6.07) is 22.3. The zero-order chi connectivity index (χ0) is 25.1. The van der Waals surface area contributed by atoms with Crippen molar-refractivity contribution in [2.75, 3.05) is 6.54 Å². The third-order valence-corrected chi connectivity index (χ3v) is 6.27. The third kappa shape index (κ3) is 8.92. The molecule has 35 heavy (non-hydrogen) atoms. The van der Waals surface area contributed by atoms with Gasteiger partial charge in [-0.25, -0.2) is 0 Å². The molecule has 1 unspecified atom stereocenters. The fraction of sp³-hybridized carbons (Fsp3) is 0.355. The molecule has 1 atom stereocenters. The molecule has 0 bridgehead atoms. The summed E-state index contributed by atoms with van der Waals surface area (Å²) >= 11 is 0. The summed E-state index contributed by atoms with van der Waals surface area (Å²) in [7, 11) is 0. The highest BCUT2D eigenvalue weighted by atomic mass is 19.4. The van der Waals surface area contributed by atoms with Crippen molar-refractivity contribution in [3.8, 4) is 11.8 Å². The van der Waals surface area contributed by atoms with Gasteiger partial charge in [0.15, 0.2) is 0 Å². The minimum absolute atomic E-state index is 0.602. The average Bonchev–Trinajstić information content (AvgIpc) is 2.86. The van der Waals surface area contributed by atoms with Gasteiger partial charge in [-0.3, -0.25) is 0 Å². The SMILES string of the molecule is CCCCCCc1ccc(C#Cc2ccc(C[NH+](CC)Cc3ccc(C(F)(F)F)cc3)cc2)cc1. The lowest BCUT2D eigenvalue weighted by Crippen LogP contribution is -3.09. The predicted molar refractivity (Wildman–Crippen MR) is 137 cm³/mol. The molecule has 0 aromatic heterocycles. The molecule has 1 nitrogen and oxygen atoms in total. The zero-order valence-corrected chi connectivity index (χ0v) is 20.7. The quantitative estimate of drug-likeness (QED) is 0.241. The first-order valence-electron chi connectivity index (χ1n) is 12.6. The monoisotopic (exact) mass is 478 g/mol. The summed E-state index contributed by atoms with van der Waals surface area (Å²) in [5.74, 6) is 6.49. The maximum absolute atomic E-state index is 12.8. The van der Waals surface area contributed by atoms with Gasteiger partial charge in [-0.2, -0.15) is 13.2 Å². The lowest BCUT2D eigenvalue weighted by Gasteiger charge is -2.18. The summed E-state index contributed by atoms with van der Waals surface area (Å²) < 4.78 is 38.4. The average molecular weight is 479 g/mol. The van der Waals surface area contributed by atoms with Crippen molar-refractivity contribution in [1.82, 2.24) is 0 Å². The number of aryl methyl sites for hydroxylation is 1. The van der Waals surface area contributed by atoms with Gasteiger partial charge in [-0.05, 0) is 61.7 Å². The molecule has 0 spiro atoms. The van der Waals surface area contributed by atoms with Crippen LogP contribution in [0.15, 0.2) is 72.8 Å². The van der Waals surface area contributed by atoms with Crippen LogP contribution < -0.4 is 4.90 Å². The van der Waals surface area contributed by atoms with E-state index < -0.39 is 11.7 Å². The number of hydrogen-bond donors (Lipinski definition) is 1. The third-order valence-electron chi connectivity index (χ3n) is 6.27. The highest BCUT2D eigenvalue weighted by Crippen LogP contribution is 2.29. The number of hydrogen-bond acceptors (Lipinski definition) is 0. The fourth-order valence-corrected chi connectivity index (χ4v) is 4.06. The Morgan fingerprint density at radius 1 is 0.629 bits per heavy atom. The van der Waals surface area contributed by atoms with Gasteiger partial charge in [0, 0.05) is 22.3 Å². The molecule has 0 aliphatic carbocycles. The van der Waals surface area contributed by atoms with Gasteiger partial charge >= 0.3 is 6.18 Å². The van der Waals surface area contributed by atoms with Crippen molar-refractivity contribution >= 4 is 0 Å². The van der Waals surface area contributed by atoms with Crippen LogP contribution in [0.1, 0.15) is 72.9 Å². The fourth-order valence-electron chi connectivity index (χ4n) is 4.06. The summed E-state index contributed by atoms with van der Waals surface area (Å²) in [6.07, 6.45) is 1.94. The molecule has 0 saturated heterocycles. The van der Waals surface area contributed by atoms with Crippen LogP contribution in [0.2, 0.25) is 0 Å². The molecule has 184 valence electrons. The van der Waals surface area contributed by atoms with Crippen molar-refractivity contribution in [3.63, 3.8) is 0 Å². The number of halogens is 3. The Morgan fingerprint density at radius 2 is 1.11 bits per heavy atom. The lowest BCUT2D eigenvalue weighted by molar-refractivity contribution is -0.925. The maximum atomic E-state index is 12.8. The molecule has 3 rings (SSSR count). The first-order valence-corrected chi connectivity index (χ1v) is 12.6. The van der Waals surface area contributed by atoms with Crippen molar-refractivity contribution in [1.29, 1.82) is 0 Å². The molecule has 0 radical (unpaired) electrons. The maximum Gasteiger partial charge on any atom is 0.416 e. The first kappa shape index (κ1) is 26.6. The van der Waals surface area contributed by atoms with Crippen molar-refractivity contribution in [3.05, 3.63) is 106 Å². The van der Waals surface area contributed by atoms with Crippen LogP contribution in [0.4, 0.5) is 13.2 Å². The molecule has 0 aliphatic rings. The van der Waals surface area contributed by atoms with Gasteiger partial charge in [-0.15, -0.1) is 0 Å². The molecule has 1 N–H and O–H groups in total. The number of benzene rings is 3. The first-order chi connectivity index (χ1) is 16.9. The van der Waals surface area contributed by atoms with Crippen LogP contribution in [0.25, 0.3) is 0 Å². The van der Waals surface area contributed by atoms with Gasteiger partial charge in [0.25, 0.3) is 0 Å². The Hall–Kier alpha value is -3.03. The molecule has 0 aliphatic heterocycles. The Morgan fingerprint density at radius 3 is 1.57 bits per heavy atom. The standard InChI is InChI=1S/C31H34F3N/c1-3-5-6-7-8-25-9-11-26(12-10-25)13-14-27-15-17-28(18-16-27)23-35(4-2)24-29-19-21-30(22-20-29)31(32,33)34/h9-12,15-22H,3-8,23-24H2,1-2H3/p+1. The molecular formula is C31H35F3N+. The largest absolute Gasteiger partial charge is 0.416 e. The molecule has 0 fully saturated rings. The van der Waals surface area contributed by atoms with E-state index in [4.69, 9.17) is 0 Å². The molecule has 4 heteroatoms. The summed E-state index contributed by atoms with van der Waals surface area (Å²) in [6.45, 7) is 6.71. The minimum atomic E-state index is -4.29. The van der Waals surface area contributed by atoms with Gasteiger partial charge in [-0.1, -0.05) is 74.4 Å². The molecule has 3 aromatic rings. The minimum Gasteiger partial charge on any atom is -0.328 e. The molecule has 0 saturated carbocycles. The number of quaternary nitrogens is 1. The number of alkyl halides is 3. The van der Waals surface area contributed by atoms with E-state index in [1.807, 2.05) is 12.1 Å². The second kappa shape index (κ2) is 13.2.